The molecule has 0 aromatic carbocycles. The van der Waals surface area contributed by atoms with Crippen molar-refractivity contribution in [2.24, 2.45) is 16.6 Å². The predicted octanol–water partition coefficient (Wildman–Crippen LogP) is 2.13. The van der Waals surface area contributed by atoms with E-state index in [0.29, 0.717) is 5.11 Å². The summed E-state index contributed by atoms with van der Waals surface area (Å²) in [5.41, 5.74) is 5.68. The molecule has 0 unspecified atom stereocenters. The molecule has 4 N–H and O–H groups in total. The first-order valence-corrected chi connectivity index (χ1v) is 7.80. The van der Waals surface area contributed by atoms with Gasteiger partial charge in [-0.1, -0.05) is 27.7 Å². The van der Waals surface area contributed by atoms with Crippen molar-refractivity contribution in [2.45, 2.75) is 53.4 Å². The summed E-state index contributed by atoms with van der Waals surface area (Å²) in [4.78, 5) is 2.02. The molecule has 0 fully saturated rings. The number of nitrogens with two attached hydrogens (primary N) is 1. The van der Waals surface area contributed by atoms with E-state index in [4.69, 9.17) is 18.0 Å². The molecule has 0 saturated heterocycles. The van der Waals surface area contributed by atoms with Crippen LogP contribution in [-0.4, -0.2) is 46.5 Å². The smallest absolute Gasteiger partial charge is 0.166 e. The molecule has 0 rings (SSSR count). The number of aliphatic hydroxyl groups is 2. The van der Waals surface area contributed by atoms with Crippen molar-refractivity contribution < 1.29 is 10.2 Å². The van der Waals surface area contributed by atoms with Crippen LogP contribution in [0.1, 0.15) is 53.4 Å². The van der Waals surface area contributed by atoms with Gasteiger partial charge < -0.3 is 20.8 Å². The molecule has 4 nitrogen and oxygen atoms in total. The highest BCUT2D eigenvalue weighted by molar-refractivity contribution is 7.80. The van der Waals surface area contributed by atoms with Gasteiger partial charge in [0, 0.05) is 26.3 Å². The lowest BCUT2D eigenvalue weighted by Gasteiger charge is -2.28. The van der Waals surface area contributed by atoms with E-state index in [9.17, 15) is 10.2 Å². The Labute approximate surface area is 129 Å². The van der Waals surface area contributed by atoms with Gasteiger partial charge in [0.15, 0.2) is 5.11 Å². The lowest BCUT2D eigenvalue weighted by atomic mass is 9.88. The Morgan fingerprint density at radius 2 is 1.30 bits per heavy atom. The predicted molar refractivity (Wildman–Crippen MR) is 88.6 cm³/mol. The van der Waals surface area contributed by atoms with Gasteiger partial charge in [0.05, 0.1) is 0 Å². The van der Waals surface area contributed by atoms with E-state index >= 15 is 0 Å². The lowest BCUT2D eigenvalue weighted by Crippen LogP contribution is -2.38. The minimum atomic E-state index is -0.0409. The number of aliphatic hydroxyl groups excluding tert-OH is 2. The van der Waals surface area contributed by atoms with Crippen LogP contribution in [0.25, 0.3) is 0 Å². The van der Waals surface area contributed by atoms with Crippen molar-refractivity contribution in [3.8, 4) is 0 Å². The summed E-state index contributed by atoms with van der Waals surface area (Å²) in [6.45, 7) is 10.3. The molecule has 20 heavy (non-hydrogen) atoms. The summed E-state index contributed by atoms with van der Waals surface area (Å²) in [6.07, 6.45) is 3.83. The van der Waals surface area contributed by atoms with Crippen LogP contribution in [-0.2, 0) is 0 Å². The second-order valence-electron chi connectivity index (χ2n) is 7.18. The maximum Gasteiger partial charge on any atom is 0.166 e. The maximum absolute atomic E-state index is 9.24. The van der Waals surface area contributed by atoms with Crippen molar-refractivity contribution in [1.29, 1.82) is 0 Å². The van der Waals surface area contributed by atoms with Gasteiger partial charge in [0.25, 0.3) is 0 Å². The van der Waals surface area contributed by atoms with Crippen molar-refractivity contribution >= 4 is 17.3 Å². The Bertz CT molecular complexity index is 272. The van der Waals surface area contributed by atoms with Crippen molar-refractivity contribution in [2.75, 3.05) is 26.3 Å². The van der Waals surface area contributed by atoms with Crippen molar-refractivity contribution in [1.82, 2.24) is 4.90 Å². The molecule has 0 aliphatic carbocycles. The average molecular weight is 304 g/mol. The zero-order chi connectivity index (χ0) is 15.8. The fraction of sp³-hybridized carbons (Fsp3) is 0.933. The summed E-state index contributed by atoms with van der Waals surface area (Å²) in [5.74, 6) is 0. The molecule has 0 radical (unpaired) electrons. The van der Waals surface area contributed by atoms with E-state index in [2.05, 4.69) is 27.7 Å². The second-order valence-corrected chi connectivity index (χ2v) is 7.60. The Kier molecular flexibility index (Phi) is 8.63. The number of rotatable bonds is 10. The summed E-state index contributed by atoms with van der Waals surface area (Å²) in [7, 11) is 0. The highest BCUT2D eigenvalue weighted by Gasteiger charge is 2.18. The second kappa shape index (κ2) is 8.80. The molecule has 120 valence electrons. The SMILES string of the molecule is CC(C)(CO)CCCN(CCCC(C)(C)CO)C(N)=S. The van der Waals surface area contributed by atoms with Crippen LogP contribution in [0.2, 0.25) is 0 Å². The van der Waals surface area contributed by atoms with E-state index in [1.807, 2.05) is 4.90 Å². The van der Waals surface area contributed by atoms with Gasteiger partial charge in [-0.25, -0.2) is 0 Å². The number of nitrogens with zero attached hydrogens (tertiary/aromatic N) is 1. The molecule has 0 aromatic heterocycles. The van der Waals surface area contributed by atoms with Crippen molar-refractivity contribution in [3.05, 3.63) is 0 Å². The first-order valence-electron chi connectivity index (χ1n) is 7.40. The molecule has 0 aliphatic heterocycles. The van der Waals surface area contributed by atoms with Crippen LogP contribution in [0.3, 0.4) is 0 Å². The van der Waals surface area contributed by atoms with E-state index in [1.54, 1.807) is 0 Å². The van der Waals surface area contributed by atoms with Crippen LogP contribution in [0.15, 0.2) is 0 Å². The molecular formula is C15H32N2O2S. The highest BCUT2D eigenvalue weighted by atomic mass is 32.1. The first-order chi connectivity index (χ1) is 9.13. The molecular weight excluding hydrogens is 272 g/mol. The summed E-state index contributed by atoms with van der Waals surface area (Å²) in [5, 5.41) is 18.9. The summed E-state index contributed by atoms with van der Waals surface area (Å²) >= 11 is 5.09. The number of hydrogen-bond donors (Lipinski definition) is 3. The van der Waals surface area contributed by atoms with E-state index in [0.717, 1.165) is 38.8 Å². The van der Waals surface area contributed by atoms with E-state index in [1.165, 1.54) is 0 Å². The quantitative estimate of drug-likeness (QED) is 0.539. The minimum Gasteiger partial charge on any atom is -0.396 e. The van der Waals surface area contributed by atoms with Crippen molar-refractivity contribution in [3.63, 3.8) is 0 Å². The summed E-state index contributed by atoms with van der Waals surface area (Å²) < 4.78 is 0. The van der Waals surface area contributed by atoms with Crippen LogP contribution < -0.4 is 5.73 Å². The van der Waals surface area contributed by atoms with Gasteiger partial charge in [0.1, 0.15) is 0 Å². The van der Waals surface area contributed by atoms with E-state index < -0.39 is 0 Å². The molecule has 5 heteroatoms. The fourth-order valence-electron chi connectivity index (χ4n) is 1.99. The third-order valence-electron chi connectivity index (χ3n) is 3.73. The Morgan fingerprint density at radius 1 is 0.950 bits per heavy atom. The molecule has 0 aliphatic rings. The topological polar surface area (TPSA) is 69.7 Å². The van der Waals surface area contributed by atoms with Crippen LogP contribution in [0.5, 0.6) is 0 Å². The first kappa shape index (κ1) is 19.6. The van der Waals surface area contributed by atoms with Crippen LogP contribution >= 0.6 is 12.2 Å². The maximum atomic E-state index is 9.24. The van der Waals surface area contributed by atoms with Gasteiger partial charge >= 0.3 is 0 Å². The lowest BCUT2D eigenvalue weighted by molar-refractivity contribution is 0.140. The molecule has 0 atom stereocenters. The van der Waals surface area contributed by atoms with Crippen LogP contribution in [0.4, 0.5) is 0 Å². The largest absolute Gasteiger partial charge is 0.396 e. The molecule has 0 amide bonds. The fourth-order valence-corrected chi connectivity index (χ4v) is 2.17. The van der Waals surface area contributed by atoms with Gasteiger partial charge in [-0.05, 0) is 48.7 Å². The highest BCUT2D eigenvalue weighted by Crippen LogP contribution is 2.23. The van der Waals surface area contributed by atoms with Gasteiger partial charge in [-0.15, -0.1) is 0 Å². The van der Waals surface area contributed by atoms with E-state index in [-0.39, 0.29) is 24.0 Å². The monoisotopic (exact) mass is 304 g/mol. The molecule has 0 bridgehead atoms. The number of thiocarbonyl (C=S) groups is 1. The zero-order valence-corrected chi connectivity index (χ0v) is 14.3. The average Bonchev–Trinajstić information content (AvgIpc) is 2.36. The zero-order valence-electron chi connectivity index (χ0n) is 13.5. The van der Waals surface area contributed by atoms with Gasteiger partial charge in [-0.2, -0.15) is 0 Å². The standard InChI is InChI=1S/C15H32N2O2S/c1-14(2,11-18)7-5-9-17(13(16)20)10-6-8-15(3,4)12-19/h18-19H,5-12H2,1-4H3,(H2,16,20). The third-order valence-corrected chi connectivity index (χ3v) is 3.99. The van der Waals surface area contributed by atoms with Gasteiger partial charge in [0.2, 0.25) is 0 Å². The summed E-state index contributed by atoms with van der Waals surface area (Å²) in [6, 6.07) is 0. The Hall–Kier alpha value is -0.390. The Morgan fingerprint density at radius 3 is 1.55 bits per heavy atom. The third kappa shape index (κ3) is 8.72. The normalized spacial score (nSPS) is 12.5. The molecule has 0 heterocycles. The molecule has 0 spiro atoms. The number of hydrogen-bond acceptors (Lipinski definition) is 3. The Balaban J connectivity index is 4.10. The van der Waals surface area contributed by atoms with Crippen LogP contribution in [0, 0.1) is 10.8 Å². The van der Waals surface area contributed by atoms with Gasteiger partial charge in [-0.3, -0.25) is 0 Å². The minimum absolute atomic E-state index is 0.0409. The molecule has 0 saturated carbocycles. The molecule has 0 aromatic rings.